The van der Waals surface area contributed by atoms with Crippen molar-refractivity contribution < 1.29 is 0 Å². The van der Waals surface area contributed by atoms with Crippen molar-refractivity contribution in [3.63, 3.8) is 0 Å². The average molecular weight is 826 g/mol. The number of unbranched alkanes of at least 4 members (excludes halogenated alkanes) is 18. The molecule has 0 amide bonds. The van der Waals surface area contributed by atoms with Crippen LogP contribution in [0.15, 0.2) is 13.5 Å². The minimum atomic E-state index is -2.62. The Labute approximate surface area is 332 Å². The van der Waals surface area contributed by atoms with Gasteiger partial charge in [0.1, 0.15) is 0 Å². The highest BCUT2D eigenvalue weighted by Crippen LogP contribution is 2.70. The summed E-state index contributed by atoms with van der Waals surface area (Å²) in [4.78, 5) is 0. The summed E-state index contributed by atoms with van der Waals surface area (Å²) in [5.74, 6) is 0. The molecular formula is C36H90N15P3. The molecule has 1 aliphatic heterocycles. The maximum absolute atomic E-state index is 5.82. The number of hydrogen-bond donors (Lipinski definition) is 12. The summed E-state index contributed by atoms with van der Waals surface area (Å²) >= 11 is 0. The van der Waals surface area contributed by atoms with Crippen molar-refractivity contribution in [3.05, 3.63) is 0 Å². The van der Waals surface area contributed by atoms with Crippen LogP contribution in [-0.4, -0.2) is 78.5 Å². The lowest BCUT2D eigenvalue weighted by atomic mass is 10.2. The molecule has 0 aromatic heterocycles. The van der Waals surface area contributed by atoms with Gasteiger partial charge in [0.25, 0.3) is 0 Å². The van der Waals surface area contributed by atoms with Crippen molar-refractivity contribution in [3.8, 4) is 0 Å². The van der Waals surface area contributed by atoms with E-state index < -0.39 is 22.5 Å². The smallest absolute Gasteiger partial charge is 0.215 e. The fraction of sp³-hybridized carbons (Fsp3) is 1.00. The Kier molecular flexibility index (Phi) is 35.1. The van der Waals surface area contributed by atoms with Crippen LogP contribution in [0.25, 0.3) is 0 Å². The summed E-state index contributed by atoms with van der Waals surface area (Å²) in [7, 11) is -7.86. The minimum absolute atomic E-state index is 0.744. The Bertz CT molecular complexity index is 818. The first-order chi connectivity index (χ1) is 26.5. The molecule has 0 aliphatic carbocycles. The van der Waals surface area contributed by atoms with E-state index in [2.05, 4.69) is 30.5 Å². The first kappa shape index (κ1) is 52.2. The molecule has 1 rings (SSSR count). The Morgan fingerprint density at radius 1 is 0.222 bits per heavy atom. The predicted octanol–water partition coefficient (Wildman–Crippen LogP) is 6.49. The zero-order valence-corrected chi connectivity index (χ0v) is 37.3. The summed E-state index contributed by atoms with van der Waals surface area (Å²) in [6.07, 6.45) is 26.4. The van der Waals surface area contributed by atoms with E-state index in [0.717, 1.165) is 233 Å². The normalized spacial score (nSPS) is 15.9. The molecule has 0 spiro atoms. The predicted molar refractivity (Wildman–Crippen MR) is 241 cm³/mol. The van der Waals surface area contributed by atoms with Gasteiger partial charge in [-0.15, -0.1) is 0 Å². The summed E-state index contributed by atoms with van der Waals surface area (Å²) < 4.78 is 17.4. The first-order valence-corrected chi connectivity index (χ1v) is 27.2. The second-order valence-electron chi connectivity index (χ2n) is 14.7. The topological polar surface area (TPSA) is 265 Å². The van der Waals surface area contributed by atoms with Gasteiger partial charge in [-0.2, -0.15) is 13.5 Å². The van der Waals surface area contributed by atoms with Gasteiger partial charge in [-0.3, -0.25) is 30.5 Å². The molecule has 54 heavy (non-hydrogen) atoms. The SMILES string of the molecule is NCCCCCCNP1(NCCCCCCN)=NP(NCCCCCCN)(NCCCCCCN)=NP(NCCCCCCN)(NCCCCCCN)=N1. The Morgan fingerprint density at radius 3 is 0.519 bits per heavy atom. The summed E-state index contributed by atoms with van der Waals surface area (Å²) in [5, 5.41) is 24.0. The molecule has 1 aliphatic rings. The Morgan fingerprint density at radius 2 is 0.370 bits per heavy atom. The van der Waals surface area contributed by atoms with Gasteiger partial charge in [-0.25, -0.2) is 0 Å². The molecule has 0 unspecified atom stereocenters. The molecule has 15 nitrogen and oxygen atoms in total. The number of nitrogens with zero attached hydrogens (tertiary/aromatic N) is 3. The van der Waals surface area contributed by atoms with Crippen molar-refractivity contribution in [1.82, 2.24) is 30.5 Å². The van der Waals surface area contributed by atoms with Crippen LogP contribution in [0.5, 0.6) is 0 Å². The number of nitrogens with one attached hydrogen (secondary N) is 6. The van der Waals surface area contributed by atoms with Gasteiger partial charge in [0.05, 0.1) is 0 Å². The van der Waals surface area contributed by atoms with Crippen molar-refractivity contribution in [2.75, 3.05) is 78.5 Å². The minimum Gasteiger partial charge on any atom is -0.330 e. The first-order valence-electron chi connectivity index (χ1n) is 22.1. The van der Waals surface area contributed by atoms with E-state index in [9.17, 15) is 0 Å². The van der Waals surface area contributed by atoms with Gasteiger partial charge in [-0.1, -0.05) is 77.0 Å². The molecule has 0 saturated heterocycles. The monoisotopic (exact) mass is 826 g/mol. The van der Waals surface area contributed by atoms with Crippen LogP contribution in [0.3, 0.4) is 0 Å². The van der Waals surface area contributed by atoms with Crippen molar-refractivity contribution in [1.29, 1.82) is 0 Å². The van der Waals surface area contributed by atoms with E-state index in [-0.39, 0.29) is 0 Å². The van der Waals surface area contributed by atoms with E-state index in [4.69, 9.17) is 47.9 Å². The number of nitrogens with two attached hydrogens (primary N) is 6. The van der Waals surface area contributed by atoms with Gasteiger partial charge < -0.3 is 34.4 Å². The molecule has 0 radical (unpaired) electrons. The average Bonchev–Trinajstić information content (AvgIpc) is 3.17. The largest absolute Gasteiger partial charge is 0.330 e. The third kappa shape index (κ3) is 26.3. The second-order valence-corrected chi connectivity index (χ2v) is 22.4. The fourth-order valence-electron chi connectivity index (χ4n) is 6.31. The third-order valence-electron chi connectivity index (χ3n) is 9.56. The van der Waals surface area contributed by atoms with Crippen LogP contribution in [0, 0.1) is 0 Å². The van der Waals surface area contributed by atoms with E-state index >= 15 is 0 Å². The van der Waals surface area contributed by atoms with Crippen LogP contribution in [-0.2, 0) is 0 Å². The van der Waals surface area contributed by atoms with Crippen molar-refractivity contribution in [2.45, 2.75) is 154 Å². The highest BCUT2D eigenvalue weighted by Gasteiger charge is 2.36. The van der Waals surface area contributed by atoms with Crippen molar-refractivity contribution >= 4 is 22.5 Å². The quantitative estimate of drug-likeness (QED) is 0.0233. The Balaban J connectivity index is 3.71. The maximum atomic E-state index is 5.82. The number of rotatable bonds is 42. The second kappa shape index (κ2) is 36.3. The molecule has 0 aromatic rings. The van der Waals surface area contributed by atoms with Crippen LogP contribution in [0.1, 0.15) is 154 Å². The lowest BCUT2D eigenvalue weighted by Crippen LogP contribution is -2.32. The lowest BCUT2D eigenvalue weighted by Gasteiger charge is -2.38. The highest BCUT2D eigenvalue weighted by molar-refractivity contribution is 7.83. The molecular weight excluding hydrogens is 735 g/mol. The standard InChI is InChI=1S/C36H90N15P3/c37-25-13-1-7-19-31-43-52(44-32-20-8-2-14-26-38)49-53(45-33-21-9-3-15-27-39,46-34-22-10-4-16-28-40)51-54(50-52,47-35-23-11-5-17-29-41)48-36-24-12-6-18-30-42/h43-48H,1-42H2. The van der Waals surface area contributed by atoms with Gasteiger partial charge in [0, 0.05) is 39.3 Å². The van der Waals surface area contributed by atoms with Gasteiger partial charge in [0.15, 0.2) is 0 Å². The van der Waals surface area contributed by atoms with Crippen LogP contribution in [0.2, 0.25) is 0 Å². The molecule has 1 heterocycles. The van der Waals surface area contributed by atoms with Crippen LogP contribution >= 0.6 is 22.5 Å². The number of hydrogen-bond acceptors (Lipinski definition) is 15. The molecule has 0 saturated carbocycles. The van der Waals surface area contributed by atoms with Gasteiger partial charge in [0.2, 0.25) is 22.5 Å². The molecule has 0 aromatic carbocycles. The maximum Gasteiger partial charge on any atom is 0.215 e. The van der Waals surface area contributed by atoms with Crippen molar-refractivity contribution in [2.24, 2.45) is 47.9 Å². The fourth-order valence-corrected chi connectivity index (χ4v) is 18.4. The third-order valence-corrected chi connectivity index (χ3v) is 19.8. The molecule has 0 bridgehead atoms. The summed E-state index contributed by atoms with van der Waals surface area (Å²) in [6.45, 7) is 9.56. The highest BCUT2D eigenvalue weighted by atomic mass is 31.3. The zero-order valence-electron chi connectivity index (χ0n) is 34.6. The van der Waals surface area contributed by atoms with E-state index in [0.29, 0.717) is 0 Å². The molecule has 324 valence electrons. The molecule has 0 fully saturated rings. The van der Waals surface area contributed by atoms with E-state index in [1.807, 2.05) is 0 Å². The summed E-state index contributed by atoms with van der Waals surface area (Å²) in [5.41, 5.74) is 34.9. The molecule has 18 N–H and O–H groups in total. The Hall–Kier alpha value is 0.210. The van der Waals surface area contributed by atoms with Crippen LogP contribution in [0.4, 0.5) is 0 Å². The van der Waals surface area contributed by atoms with Gasteiger partial charge in [-0.05, 0) is 116 Å². The van der Waals surface area contributed by atoms with Crippen LogP contribution < -0.4 is 64.9 Å². The van der Waals surface area contributed by atoms with E-state index in [1.165, 1.54) is 0 Å². The molecule has 0 atom stereocenters. The summed E-state index contributed by atoms with van der Waals surface area (Å²) in [6, 6.07) is 0. The van der Waals surface area contributed by atoms with E-state index in [1.54, 1.807) is 0 Å². The lowest BCUT2D eigenvalue weighted by molar-refractivity contribution is 0.625. The molecule has 18 heteroatoms. The zero-order chi connectivity index (χ0) is 39.3. The van der Waals surface area contributed by atoms with Gasteiger partial charge >= 0.3 is 0 Å².